The minimum Gasteiger partial charge on any atom is -0.322 e. The molecule has 2 heterocycles. The van der Waals surface area contributed by atoms with Crippen LogP contribution in [0.5, 0.6) is 0 Å². The molecule has 0 aliphatic heterocycles. The van der Waals surface area contributed by atoms with E-state index in [1.54, 1.807) is 35.9 Å². The summed E-state index contributed by atoms with van der Waals surface area (Å²) in [5.41, 5.74) is 2.56. The molecule has 0 saturated heterocycles. The minimum atomic E-state index is -0.130. The van der Waals surface area contributed by atoms with E-state index in [0.29, 0.717) is 11.6 Å². The summed E-state index contributed by atoms with van der Waals surface area (Å²) in [5.74, 6) is -0.130. The Kier molecular flexibility index (Phi) is 5.36. The number of benzene rings is 1. The normalized spacial score (nSPS) is 11.9. The van der Waals surface area contributed by atoms with Gasteiger partial charge in [-0.15, -0.1) is 11.3 Å². The van der Waals surface area contributed by atoms with Gasteiger partial charge in [-0.3, -0.25) is 9.78 Å². The van der Waals surface area contributed by atoms with Crippen molar-refractivity contribution >= 4 is 22.9 Å². The lowest BCUT2D eigenvalue weighted by Crippen LogP contribution is -2.17. The highest BCUT2D eigenvalue weighted by Crippen LogP contribution is 2.19. The van der Waals surface area contributed by atoms with E-state index < -0.39 is 0 Å². The van der Waals surface area contributed by atoms with Gasteiger partial charge in [0.2, 0.25) is 0 Å². The SMILES string of the molecule is CC(NCc1ccc(NC(=O)c2ccncc2)cc1)c1cccs1. The van der Waals surface area contributed by atoms with Crippen molar-refractivity contribution in [3.8, 4) is 0 Å². The molecule has 2 aromatic heterocycles. The zero-order chi connectivity index (χ0) is 16.8. The van der Waals surface area contributed by atoms with Crippen LogP contribution in [0.1, 0.15) is 33.8 Å². The van der Waals surface area contributed by atoms with Crippen molar-refractivity contribution in [1.29, 1.82) is 0 Å². The highest BCUT2D eigenvalue weighted by atomic mass is 32.1. The summed E-state index contributed by atoms with van der Waals surface area (Å²) in [7, 11) is 0. The Bertz CT molecular complexity index is 770. The van der Waals surface area contributed by atoms with Crippen LogP contribution in [0.15, 0.2) is 66.3 Å². The second-order valence-corrected chi connectivity index (χ2v) is 6.48. The fourth-order valence-electron chi connectivity index (χ4n) is 2.32. The van der Waals surface area contributed by atoms with Crippen LogP contribution in [0.2, 0.25) is 0 Å². The number of rotatable bonds is 6. The van der Waals surface area contributed by atoms with Gasteiger partial charge in [-0.1, -0.05) is 18.2 Å². The number of aromatic nitrogens is 1. The summed E-state index contributed by atoms with van der Waals surface area (Å²) < 4.78 is 0. The monoisotopic (exact) mass is 337 g/mol. The van der Waals surface area contributed by atoms with Crippen LogP contribution in [-0.4, -0.2) is 10.9 Å². The average molecular weight is 337 g/mol. The molecule has 2 N–H and O–H groups in total. The van der Waals surface area contributed by atoms with Gasteiger partial charge in [-0.2, -0.15) is 0 Å². The van der Waals surface area contributed by atoms with Crippen LogP contribution in [-0.2, 0) is 6.54 Å². The molecule has 3 rings (SSSR count). The molecule has 1 atom stereocenters. The van der Waals surface area contributed by atoms with Crippen LogP contribution in [0.4, 0.5) is 5.69 Å². The first-order valence-electron chi connectivity index (χ1n) is 7.79. The van der Waals surface area contributed by atoms with Crippen molar-refractivity contribution in [2.45, 2.75) is 19.5 Å². The smallest absolute Gasteiger partial charge is 0.255 e. The standard InChI is InChI=1S/C19H19N3OS/c1-14(18-3-2-12-24-18)21-13-15-4-6-17(7-5-15)22-19(23)16-8-10-20-11-9-16/h2-12,14,21H,13H2,1H3,(H,22,23). The number of pyridine rings is 1. The molecule has 3 aromatic rings. The number of amides is 1. The maximum absolute atomic E-state index is 12.1. The summed E-state index contributed by atoms with van der Waals surface area (Å²) >= 11 is 1.76. The molecule has 0 aliphatic carbocycles. The van der Waals surface area contributed by atoms with Crippen LogP contribution >= 0.6 is 11.3 Å². The van der Waals surface area contributed by atoms with Crippen molar-refractivity contribution < 1.29 is 4.79 Å². The molecule has 1 aromatic carbocycles. The summed E-state index contributed by atoms with van der Waals surface area (Å²) in [6, 6.07) is 15.8. The zero-order valence-electron chi connectivity index (χ0n) is 13.4. The molecule has 4 nitrogen and oxygen atoms in total. The molecule has 122 valence electrons. The molecule has 0 radical (unpaired) electrons. The van der Waals surface area contributed by atoms with E-state index in [9.17, 15) is 4.79 Å². The Morgan fingerprint density at radius 3 is 2.54 bits per heavy atom. The third-order valence-electron chi connectivity index (χ3n) is 3.74. The molecule has 24 heavy (non-hydrogen) atoms. The molecule has 5 heteroatoms. The van der Waals surface area contributed by atoms with Gasteiger partial charge in [-0.05, 0) is 48.2 Å². The maximum atomic E-state index is 12.1. The first-order valence-corrected chi connectivity index (χ1v) is 8.67. The summed E-state index contributed by atoms with van der Waals surface area (Å²) in [6.07, 6.45) is 3.22. The number of hydrogen-bond donors (Lipinski definition) is 2. The van der Waals surface area contributed by atoms with Crippen molar-refractivity contribution in [2.75, 3.05) is 5.32 Å². The van der Waals surface area contributed by atoms with Crippen molar-refractivity contribution in [2.24, 2.45) is 0 Å². The lowest BCUT2D eigenvalue weighted by atomic mass is 10.1. The Morgan fingerprint density at radius 1 is 1.12 bits per heavy atom. The minimum absolute atomic E-state index is 0.130. The van der Waals surface area contributed by atoms with E-state index in [1.807, 2.05) is 24.3 Å². The van der Waals surface area contributed by atoms with E-state index in [4.69, 9.17) is 0 Å². The van der Waals surface area contributed by atoms with Crippen molar-refractivity contribution in [3.05, 3.63) is 82.3 Å². The predicted octanol–water partition coefficient (Wildman–Crippen LogP) is 4.25. The maximum Gasteiger partial charge on any atom is 0.255 e. The number of carbonyl (C=O) groups excluding carboxylic acids is 1. The van der Waals surface area contributed by atoms with E-state index >= 15 is 0 Å². The van der Waals surface area contributed by atoms with E-state index in [2.05, 4.69) is 40.1 Å². The average Bonchev–Trinajstić information content (AvgIpc) is 3.16. The zero-order valence-corrected chi connectivity index (χ0v) is 14.2. The third-order valence-corrected chi connectivity index (χ3v) is 4.79. The summed E-state index contributed by atoms with van der Waals surface area (Å²) in [4.78, 5) is 17.3. The van der Waals surface area contributed by atoms with Gasteiger partial charge >= 0.3 is 0 Å². The Labute approximate surface area is 145 Å². The fraction of sp³-hybridized carbons (Fsp3) is 0.158. The van der Waals surface area contributed by atoms with Gasteiger partial charge in [0.1, 0.15) is 0 Å². The summed E-state index contributed by atoms with van der Waals surface area (Å²) in [6.45, 7) is 2.95. The number of hydrogen-bond acceptors (Lipinski definition) is 4. The number of carbonyl (C=O) groups is 1. The second kappa shape index (κ2) is 7.86. The molecular weight excluding hydrogens is 318 g/mol. The molecule has 0 fully saturated rings. The molecule has 0 aliphatic rings. The van der Waals surface area contributed by atoms with Gasteiger partial charge in [-0.25, -0.2) is 0 Å². The van der Waals surface area contributed by atoms with Gasteiger partial charge < -0.3 is 10.6 Å². The second-order valence-electron chi connectivity index (χ2n) is 5.50. The van der Waals surface area contributed by atoms with Crippen molar-refractivity contribution in [1.82, 2.24) is 10.3 Å². The molecule has 1 unspecified atom stereocenters. The quantitative estimate of drug-likeness (QED) is 0.707. The molecule has 0 saturated carbocycles. The van der Waals surface area contributed by atoms with Crippen LogP contribution in [0.3, 0.4) is 0 Å². The predicted molar refractivity (Wildman–Crippen MR) is 98.2 cm³/mol. The van der Waals surface area contributed by atoms with Gasteiger partial charge in [0, 0.05) is 41.1 Å². The highest BCUT2D eigenvalue weighted by Gasteiger charge is 2.07. The Morgan fingerprint density at radius 2 is 1.88 bits per heavy atom. The van der Waals surface area contributed by atoms with Crippen LogP contribution < -0.4 is 10.6 Å². The van der Waals surface area contributed by atoms with Crippen molar-refractivity contribution in [3.63, 3.8) is 0 Å². The van der Waals surface area contributed by atoms with Crippen LogP contribution in [0, 0.1) is 0 Å². The highest BCUT2D eigenvalue weighted by molar-refractivity contribution is 7.10. The lowest BCUT2D eigenvalue weighted by molar-refractivity contribution is 0.102. The largest absolute Gasteiger partial charge is 0.322 e. The van der Waals surface area contributed by atoms with E-state index in [0.717, 1.165) is 12.2 Å². The number of nitrogens with one attached hydrogen (secondary N) is 2. The number of thiophene rings is 1. The number of nitrogens with zero attached hydrogens (tertiary/aromatic N) is 1. The molecule has 0 bridgehead atoms. The fourth-order valence-corrected chi connectivity index (χ4v) is 3.08. The first-order chi connectivity index (χ1) is 11.7. The molecule has 1 amide bonds. The van der Waals surface area contributed by atoms with Crippen LogP contribution in [0.25, 0.3) is 0 Å². The lowest BCUT2D eigenvalue weighted by Gasteiger charge is -2.12. The third kappa shape index (κ3) is 4.28. The van der Waals surface area contributed by atoms with E-state index in [-0.39, 0.29) is 5.91 Å². The topological polar surface area (TPSA) is 54.0 Å². The summed E-state index contributed by atoms with van der Waals surface area (Å²) in [5, 5.41) is 8.48. The molecule has 0 spiro atoms. The van der Waals surface area contributed by atoms with Gasteiger partial charge in [0.25, 0.3) is 5.91 Å². The van der Waals surface area contributed by atoms with E-state index in [1.165, 1.54) is 10.4 Å². The molecular formula is C19H19N3OS. The Balaban J connectivity index is 1.54. The van der Waals surface area contributed by atoms with Gasteiger partial charge in [0.15, 0.2) is 0 Å². The number of anilines is 1. The first kappa shape index (κ1) is 16.4. The Hall–Kier alpha value is -2.50. The van der Waals surface area contributed by atoms with Gasteiger partial charge in [0.05, 0.1) is 0 Å².